The predicted molar refractivity (Wildman–Crippen MR) is 103 cm³/mol. The molecule has 0 radical (unpaired) electrons. The molecule has 0 spiro atoms. The van der Waals surface area contributed by atoms with E-state index in [9.17, 15) is 13.2 Å². The van der Waals surface area contributed by atoms with Crippen LogP contribution in [0, 0.1) is 0 Å². The zero-order valence-corrected chi connectivity index (χ0v) is 17.5. The van der Waals surface area contributed by atoms with Gasteiger partial charge in [0, 0.05) is 12.1 Å². The molecule has 10 heteroatoms. The van der Waals surface area contributed by atoms with Crippen LogP contribution < -0.4 is 0 Å². The van der Waals surface area contributed by atoms with E-state index < -0.39 is 9.84 Å². The average molecular weight is 422 g/mol. The normalized spacial score (nSPS) is 23.2. The molecule has 2 fully saturated rings. The van der Waals surface area contributed by atoms with E-state index in [1.807, 2.05) is 4.90 Å². The van der Waals surface area contributed by atoms with Gasteiger partial charge in [-0.25, -0.2) is 8.42 Å². The predicted octanol–water partition coefficient (Wildman–Crippen LogP) is 2.70. The van der Waals surface area contributed by atoms with E-state index in [2.05, 4.69) is 17.1 Å². The zero-order valence-electron chi connectivity index (χ0n) is 14.2. The molecule has 25 heavy (non-hydrogen) atoms. The number of thioether (sulfide) groups is 2. The topological polar surface area (TPSA) is 80.2 Å². The summed E-state index contributed by atoms with van der Waals surface area (Å²) in [6.07, 6.45) is 4.79. The Hall–Kier alpha value is -0.320. The van der Waals surface area contributed by atoms with E-state index in [1.54, 1.807) is 11.8 Å². The van der Waals surface area contributed by atoms with Crippen molar-refractivity contribution in [1.29, 1.82) is 0 Å². The zero-order chi connectivity index (χ0) is 17.9. The maximum atomic E-state index is 12.9. The minimum atomic E-state index is -3.00. The Morgan fingerprint density at radius 2 is 1.84 bits per heavy atom. The molecule has 1 aromatic rings. The van der Waals surface area contributed by atoms with Gasteiger partial charge in [0.2, 0.25) is 5.91 Å². The van der Waals surface area contributed by atoms with Crippen LogP contribution in [0.5, 0.6) is 0 Å². The van der Waals surface area contributed by atoms with Crippen molar-refractivity contribution in [2.24, 2.45) is 0 Å². The monoisotopic (exact) mass is 421 g/mol. The first-order valence-electron chi connectivity index (χ1n) is 8.59. The summed E-state index contributed by atoms with van der Waals surface area (Å²) in [5.41, 5.74) is 0. The molecule has 1 saturated carbocycles. The molecular formula is C15H23N3O3S4. The minimum absolute atomic E-state index is 0.0406. The fourth-order valence-electron chi connectivity index (χ4n) is 3.52. The Kier molecular flexibility index (Phi) is 6.67. The summed E-state index contributed by atoms with van der Waals surface area (Å²) in [6, 6.07) is 0.0499. The molecule has 0 unspecified atom stereocenters. The summed E-state index contributed by atoms with van der Waals surface area (Å²) < 4.78 is 25.5. The van der Waals surface area contributed by atoms with Crippen molar-refractivity contribution >= 4 is 50.6 Å². The molecule has 3 rings (SSSR count). The number of sulfone groups is 1. The van der Waals surface area contributed by atoms with Crippen molar-refractivity contribution < 1.29 is 13.2 Å². The van der Waals surface area contributed by atoms with Gasteiger partial charge < -0.3 is 4.90 Å². The molecule has 1 atom stereocenters. The highest BCUT2D eigenvalue weighted by molar-refractivity contribution is 8.03. The number of carbonyl (C=O) groups is 1. The van der Waals surface area contributed by atoms with Crippen LogP contribution in [0.1, 0.15) is 39.0 Å². The maximum Gasteiger partial charge on any atom is 0.233 e. The second kappa shape index (κ2) is 8.58. The highest BCUT2D eigenvalue weighted by atomic mass is 32.2. The van der Waals surface area contributed by atoms with E-state index in [0.717, 1.165) is 40.1 Å². The summed E-state index contributed by atoms with van der Waals surface area (Å²) in [4.78, 5) is 14.8. The number of rotatable bonds is 7. The lowest BCUT2D eigenvalue weighted by Crippen LogP contribution is -2.47. The van der Waals surface area contributed by atoms with Gasteiger partial charge in [0.25, 0.3) is 0 Å². The van der Waals surface area contributed by atoms with Gasteiger partial charge in [-0.3, -0.25) is 4.79 Å². The number of amides is 1. The second-order valence-electron chi connectivity index (χ2n) is 6.35. The maximum absolute atomic E-state index is 12.9. The molecule has 1 saturated heterocycles. The Bertz CT molecular complexity index is 701. The lowest BCUT2D eigenvalue weighted by Gasteiger charge is -2.34. The van der Waals surface area contributed by atoms with Crippen molar-refractivity contribution in [2.45, 2.75) is 59.8 Å². The smallest absolute Gasteiger partial charge is 0.233 e. The minimum Gasteiger partial charge on any atom is -0.335 e. The number of hydrogen-bond acceptors (Lipinski definition) is 8. The Morgan fingerprint density at radius 3 is 2.44 bits per heavy atom. The molecule has 6 nitrogen and oxygen atoms in total. The van der Waals surface area contributed by atoms with E-state index in [4.69, 9.17) is 0 Å². The highest BCUT2D eigenvalue weighted by Gasteiger charge is 2.38. The molecule has 2 heterocycles. The Labute approximate surface area is 161 Å². The van der Waals surface area contributed by atoms with Crippen molar-refractivity contribution in [3.8, 4) is 0 Å². The van der Waals surface area contributed by atoms with Crippen molar-refractivity contribution in [3.05, 3.63) is 0 Å². The fourth-order valence-corrected chi connectivity index (χ4v) is 8.02. The molecule has 1 aliphatic heterocycles. The standard InChI is InChI=1S/C15H23N3O3S4/c1-2-22-14-16-17-15(24-14)23-9-13(19)18(11-5-3-4-6-11)12-7-8-25(20,21)10-12/h11-12H,2-10H2,1H3/t12-/m1/s1. The van der Waals surface area contributed by atoms with Crippen LogP contribution >= 0.6 is 34.9 Å². The summed E-state index contributed by atoms with van der Waals surface area (Å²) in [6.45, 7) is 2.07. The van der Waals surface area contributed by atoms with Gasteiger partial charge in [-0.05, 0) is 25.0 Å². The van der Waals surface area contributed by atoms with E-state index in [0.29, 0.717) is 12.2 Å². The van der Waals surface area contributed by atoms with Gasteiger partial charge in [-0.1, -0.05) is 54.6 Å². The van der Waals surface area contributed by atoms with Gasteiger partial charge in [-0.2, -0.15) is 0 Å². The summed E-state index contributed by atoms with van der Waals surface area (Å²) in [5.74, 6) is 1.62. The number of aromatic nitrogens is 2. The van der Waals surface area contributed by atoms with E-state index >= 15 is 0 Å². The second-order valence-corrected chi connectivity index (χ2v) is 12.3. The highest BCUT2D eigenvalue weighted by Crippen LogP contribution is 2.32. The lowest BCUT2D eigenvalue weighted by atomic mass is 10.1. The van der Waals surface area contributed by atoms with Gasteiger partial charge in [0.05, 0.1) is 17.3 Å². The first kappa shape index (κ1) is 19.4. The molecule has 0 N–H and O–H groups in total. The van der Waals surface area contributed by atoms with Gasteiger partial charge in [0.15, 0.2) is 18.5 Å². The third-order valence-corrected chi connectivity index (χ3v) is 9.39. The van der Waals surface area contributed by atoms with Crippen LogP contribution in [0.4, 0.5) is 0 Å². The fraction of sp³-hybridized carbons (Fsp3) is 0.800. The van der Waals surface area contributed by atoms with Gasteiger partial charge >= 0.3 is 0 Å². The third kappa shape index (κ3) is 5.11. The van der Waals surface area contributed by atoms with E-state index in [-0.39, 0.29) is 29.5 Å². The number of carbonyl (C=O) groups excluding carboxylic acids is 1. The summed E-state index contributed by atoms with van der Waals surface area (Å²) >= 11 is 4.57. The SMILES string of the molecule is CCSc1nnc(SCC(=O)N(C2CCCC2)[C@@H]2CCS(=O)(=O)C2)s1. The van der Waals surface area contributed by atoms with Crippen LogP contribution in [0.2, 0.25) is 0 Å². The van der Waals surface area contributed by atoms with Gasteiger partial charge in [0.1, 0.15) is 0 Å². The first-order valence-corrected chi connectivity index (χ1v) is 13.2. The average Bonchev–Trinajstić information content (AvgIpc) is 3.28. The molecule has 0 aromatic carbocycles. The molecule has 1 amide bonds. The third-order valence-electron chi connectivity index (χ3n) is 4.58. The Morgan fingerprint density at radius 1 is 1.16 bits per heavy atom. The Balaban J connectivity index is 1.64. The summed E-state index contributed by atoms with van der Waals surface area (Å²) in [5, 5.41) is 8.24. The summed E-state index contributed by atoms with van der Waals surface area (Å²) in [7, 11) is -3.00. The lowest BCUT2D eigenvalue weighted by molar-refractivity contribution is -0.132. The number of nitrogens with zero attached hydrogens (tertiary/aromatic N) is 3. The van der Waals surface area contributed by atoms with Crippen LogP contribution in [0.25, 0.3) is 0 Å². The quantitative estimate of drug-likeness (QED) is 0.626. The van der Waals surface area contributed by atoms with Crippen molar-refractivity contribution in [3.63, 3.8) is 0 Å². The number of hydrogen-bond donors (Lipinski definition) is 0. The molecule has 1 aliphatic carbocycles. The molecule has 140 valence electrons. The van der Waals surface area contributed by atoms with E-state index in [1.165, 1.54) is 23.1 Å². The largest absolute Gasteiger partial charge is 0.335 e. The van der Waals surface area contributed by atoms with Crippen molar-refractivity contribution in [1.82, 2.24) is 15.1 Å². The molecule has 2 aliphatic rings. The first-order chi connectivity index (χ1) is 12.0. The van der Waals surface area contributed by atoms with Crippen LogP contribution in [0.15, 0.2) is 8.68 Å². The van der Waals surface area contributed by atoms with Crippen LogP contribution in [-0.2, 0) is 14.6 Å². The van der Waals surface area contributed by atoms with Crippen LogP contribution in [0.3, 0.4) is 0 Å². The molecular weight excluding hydrogens is 398 g/mol. The molecule has 0 bridgehead atoms. The van der Waals surface area contributed by atoms with Gasteiger partial charge in [-0.15, -0.1) is 10.2 Å². The molecule has 1 aromatic heterocycles. The van der Waals surface area contributed by atoms with Crippen LogP contribution in [-0.4, -0.2) is 64.5 Å². The van der Waals surface area contributed by atoms with Crippen molar-refractivity contribution in [2.75, 3.05) is 23.0 Å².